The lowest BCUT2D eigenvalue weighted by Crippen LogP contribution is -2.25. The quantitative estimate of drug-likeness (QED) is 0.290. The first-order chi connectivity index (χ1) is 17.1. The summed E-state index contributed by atoms with van der Waals surface area (Å²) in [5.74, 6) is 2.23. The van der Waals surface area contributed by atoms with Crippen LogP contribution >= 0.6 is 0 Å². The van der Waals surface area contributed by atoms with E-state index >= 15 is 0 Å². The van der Waals surface area contributed by atoms with Crippen molar-refractivity contribution in [3.63, 3.8) is 0 Å². The number of aryl methyl sites for hydroxylation is 4. The maximum atomic E-state index is 13.1. The van der Waals surface area contributed by atoms with E-state index < -0.39 is 0 Å². The zero-order chi connectivity index (χ0) is 24.4. The van der Waals surface area contributed by atoms with Gasteiger partial charge in [0.25, 0.3) is 0 Å². The van der Waals surface area contributed by atoms with Crippen LogP contribution in [0.4, 0.5) is 5.69 Å². The number of imidazole rings is 1. The molecule has 3 aromatic carbocycles. The molecular formula is C30H33N3O2. The lowest BCUT2D eigenvalue weighted by molar-refractivity contribution is -0.117. The Balaban J connectivity index is 1.37. The van der Waals surface area contributed by atoms with E-state index in [9.17, 15) is 4.79 Å². The van der Waals surface area contributed by atoms with Gasteiger partial charge in [-0.3, -0.25) is 4.79 Å². The van der Waals surface area contributed by atoms with Gasteiger partial charge >= 0.3 is 0 Å². The minimum Gasteiger partial charge on any atom is -0.493 e. The highest BCUT2D eigenvalue weighted by Gasteiger charge is 2.35. The number of nitrogens with zero attached hydrogens (tertiary/aromatic N) is 3. The second-order valence-electron chi connectivity index (χ2n) is 9.42. The number of ether oxygens (including phenoxy) is 1. The van der Waals surface area contributed by atoms with Crippen molar-refractivity contribution in [3.8, 4) is 5.75 Å². The predicted molar refractivity (Wildman–Crippen MR) is 141 cm³/mol. The molecule has 5 heteroatoms. The number of benzene rings is 3. The molecule has 0 aliphatic carbocycles. The fourth-order valence-corrected chi connectivity index (χ4v) is 5.25. The van der Waals surface area contributed by atoms with Crippen LogP contribution < -0.4 is 9.64 Å². The summed E-state index contributed by atoms with van der Waals surface area (Å²) in [5, 5.41) is 0. The smallest absolute Gasteiger partial charge is 0.227 e. The highest BCUT2D eigenvalue weighted by Crippen LogP contribution is 2.35. The zero-order valence-electron chi connectivity index (χ0n) is 20.8. The van der Waals surface area contributed by atoms with Gasteiger partial charge in [-0.05, 0) is 61.6 Å². The van der Waals surface area contributed by atoms with E-state index in [2.05, 4.69) is 73.9 Å². The number of para-hydroxylation sites is 4. The molecule has 1 fully saturated rings. The molecule has 5 nitrogen and oxygen atoms in total. The van der Waals surface area contributed by atoms with Gasteiger partial charge in [0.05, 0.1) is 17.6 Å². The monoisotopic (exact) mass is 467 g/mol. The normalized spacial score (nSPS) is 15.8. The molecule has 1 aromatic heterocycles. The lowest BCUT2D eigenvalue weighted by Gasteiger charge is -2.20. The SMILES string of the molecule is CCc1ccccc1N1CC(c2nc3ccccc3n2CCCOc2c(C)cccc2C)CC1=O. The molecule has 1 aliphatic heterocycles. The summed E-state index contributed by atoms with van der Waals surface area (Å²) < 4.78 is 8.47. The third kappa shape index (κ3) is 4.55. The van der Waals surface area contributed by atoms with Crippen LogP contribution in [0.5, 0.6) is 5.75 Å². The Bertz CT molecular complexity index is 1340. The van der Waals surface area contributed by atoms with Crippen LogP contribution in [-0.4, -0.2) is 28.6 Å². The number of carbonyl (C=O) groups excluding carboxylic acids is 1. The largest absolute Gasteiger partial charge is 0.493 e. The molecule has 0 N–H and O–H groups in total. The molecule has 1 aliphatic rings. The Morgan fingerprint density at radius 1 is 0.971 bits per heavy atom. The van der Waals surface area contributed by atoms with Gasteiger partial charge in [-0.15, -0.1) is 0 Å². The second kappa shape index (κ2) is 9.95. The van der Waals surface area contributed by atoms with Gasteiger partial charge in [0, 0.05) is 31.1 Å². The van der Waals surface area contributed by atoms with Crippen LogP contribution in [0.3, 0.4) is 0 Å². The van der Waals surface area contributed by atoms with Gasteiger partial charge in [0.1, 0.15) is 11.6 Å². The summed E-state index contributed by atoms with van der Waals surface area (Å²) in [5.41, 5.74) is 6.67. The van der Waals surface area contributed by atoms with Gasteiger partial charge in [0.2, 0.25) is 5.91 Å². The number of aromatic nitrogens is 2. The van der Waals surface area contributed by atoms with Crippen molar-refractivity contribution >= 4 is 22.6 Å². The standard InChI is InChI=1S/C30H33N3O2/c1-4-23-13-5-7-15-26(23)33-20-24(19-28(33)34)30-31-25-14-6-8-16-27(25)32(30)17-10-18-35-29-21(2)11-9-12-22(29)3/h5-9,11-16,24H,4,10,17-20H2,1-3H3. The van der Waals surface area contributed by atoms with E-state index in [1.807, 2.05) is 23.1 Å². The van der Waals surface area contributed by atoms with Gasteiger partial charge in [0.15, 0.2) is 0 Å². The minimum absolute atomic E-state index is 0.0688. The number of amides is 1. The van der Waals surface area contributed by atoms with Crippen molar-refractivity contribution in [2.45, 2.75) is 52.5 Å². The second-order valence-corrected chi connectivity index (χ2v) is 9.42. The fraction of sp³-hybridized carbons (Fsp3) is 0.333. The predicted octanol–water partition coefficient (Wildman–Crippen LogP) is 6.21. The number of carbonyl (C=O) groups is 1. The Morgan fingerprint density at radius 3 is 2.51 bits per heavy atom. The van der Waals surface area contributed by atoms with Crippen LogP contribution in [0.1, 0.15) is 48.2 Å². The van der Waals surface area contributed by atoms with Crippen LogP contribution in [0.25, 0.3) is 11.0 Å². The molecule has 5 rings (SSSR count). The first-order valence-corrected chi connectivity index (χ1v) is 12.6. The number of hydrogen-bond donors (Lipinski definition) is 0. The highest BCUT2D eigenvalue weighted by atomic mass is 16.5. The van der Waals surface area contributed by atoms with Crippen LogP contribution in [-0.2, 0) is 17.8 Å². The van der Waals surface area contributed by atoms with Gasteiger partial charge in [-0.25, -0.2) is 4.98 Å². The van der Waals surface area contributed by atoms with Gasteiger partial charge in [-0.2, -0.15) is 0 Å². The summed E-state index contributed by atoms with van der Waals surface area (Å²) >= 11 is 0. The molecule has 35 heavy (non-hydrogen) atoms. The Hall–Kier alpha value is -3.60. The summed E-state index contributed by atoms with van der Waals surface area (Å²) in [4.78, 5) is 20.1. The van der Waals surface area contributed by atoms with E-state index in [0.29, 0.717) is 19.6 Å². The first-order valence-electron chi connectivity index (χ1n) is 12.6. The number of hydrogen-bond acceptors (Lipinski definition) is 3. The Labute approximate surface area is 207 Å². The van der Waals surface area contributed by atoms with Crippen molar-refractivity contribution in [2.75, 3.05) is 18.1 Å². The van der Waals surface area contributed by atoms with Crippen molar-refractivity contribution in [1.29, 1.82) is 0 Å². The van der Waals surface area contributed by atoms with E-state index in [1.54, 1.807) is 0 Å². The molecule has 4 aromatic rings. The van der Waals surface area contributed by atoms with Crippen LogP contribution in [0.15, 0.2) is 66.7 Å². The molecule has 1 amide bonds. The van der Waals surface area contributed by atoms with Crippen LogP contribution in [0, 0.1) is 13.8 Å². The average molecular weight is 468 g/mol. The topological polar surface area (TPSA) is 47.4 Å². The molecule has 0 saturated carbocycles. The van der Waals surface area contributed by atoms with E-state index in [0.717, 1.165) is 58.8 Å². The van der Waals surface area contributed by atoms with E-state index in [-0.39, 0.29) is 11.8 Å². The highest BCUT2D eigenvalue weighted by molar-refractivity contribution is 5.97. The summed E-state index contributed by atoms with van der Waals surface area (Å²) in [6.07, 6.45) is 2.26. The first kappa shape index (κ1) is 23.2. The number of rotatable bonds is 8. The molecule has 0 spiro atoms. The molecule has 180 valence electrons. The molecular weight excluding hydrogens is 434 g/mol. The summed E-state index contributed by atoms with van der Waals surface area (Å²) in [6.45, 7) is 8.41. The molecule has 1 saturated heterocycles. The molecule has 0 radical (unpaired) electrons. The number of anilines is 1. The fourth-order valence-electron chi connectivity index (χ4n) is 5.25. The number of fused-ring (bicyclic) bond motifs is 1. The summed E-state index contributed by atoms with van der Waals surface area (Å²) in [7, 11) is 0. The van der Waals surface area contributed by atoms with Gasteiger partial charge in [-0.1, -0.05) is 55.5 Å². The third-order valence-electron chi connectivity index (χ3n) is 7.02. The van der Waals surface area contributed by atoms with Crippen molar-refractivity contribution in [2.24, 2.45) is 0 Å². The van der Waals surface area contributed by atoms with Crippen molar-refractivity contribution in [1.82, 2.24) is 9.55 Å². The lowest BCUT2D eigenvalue weighted by atomic mass is 10.1. The minimum atomic E-state index is 0.0688. The summed E-state index contributed by atoms with van der Waals surface area (Å²) in [6, 6.07) is 22.7. The molecule has 2 heterocycles. The van der Waals surface area contributed by atoms with Gasteiger partial charge < -0.3 is 14.2 Å². The van der Waals surface area contributed by atoms with E-state index in [4.69, 9.17) is 9.72 Å². The maximum Gasteiger partial charge on any atom is 0.227 e. The Morgan fingerprint density at radius 2 is 1.71 bits per heavy atom. The molecule has 1 unspecified atom stereocenters. The molecule has 0 bridgehead atoms. The van der Waals surface area contributed by atoms with Crippen molar-refractivity contribution in [3.05, 3.63) is 89.2 Å². The zero-order valence-corrected chi connectivity index (χ0v) is 20.8. The van der Waals surface area contributed by atoms with Crippen LogP contribution in [0.2, 0.25) is 0 Å². The Kier molecular flexibility index (Phi) is 6.58. The third-order valence-corrected chi connectivity index (χ3v) is 7.02. The average Bonchev–Trinajstić information content (AvgIpc) is 3.43. The van der Waals surface area contributed by atoms with Crippen molar-refractivity contribution < 1.29 is 9.53 Å². The molecule has 1 atom stereocenters. The van der Waals surface area contributed by atoms with E-state index in [1.165, 1.54) is 5.56 Å². The maximum absolute atomic E-state index is 13.1.